The molecule has 0 unspecified atom stereocenters. The number of carbonyl (C=O) groups excluding carboxylic acids is 1. The van der Waals surface area contributed by atoms with Crippen molar-refractivity contribution < 1.29 is 14.3 Å². The van der Waals surface area contributed by atoms with E-state index in [9.17, 15) is 4.79 Å². The van der Waals surface area contributed by atoms with Gasteiger partial charge in [-0.2, -0.15) is 0 Å². The van der Waals surface area contributed by atoms with Gasteiger partial charge in [-0.05, 0) is 36.3 Å². The molecular weight excluding hydrogens is 314 g/mol. The van der Waals surface area contributed by atoms with Crippen LogP contribution in [0.3, 0.4) is 0 Å². The fraction of sp³-hybridized carbons (Fsp3) is 0.190. The summed E-state index contributed by atoms with van der Waals surface area (Å²) >= 11 is 0. The highest BCUT2D eigenvalue weighted by Crippen LogP contribution is 2.22. The predicted molar refractivity (Wildman–Crippen MR) is 98.9 cm³/mol. The number of rotatable bonds is 7. The van der Waals surface area contributed by atoms with E-state index in [0.29, 0.717) is 19.8 Å². The Morgan fingerprint density at radius 3 is 2.68 bits per heavy atom. The number of hydrogen-bond acceptors (Lipinski definition) is 3. The van der Waals surface area contributed by atoms with Crippen LogP contribution in [-0.4, -0.2) is 17.6 Å². The largest absolute Gasteiger partial charge is 0.463 e. The summed E-state index contributed by atoms with van der Waals surface area (Å²) in [6.45, 7) is 3.29. The number of benzene rings is 2. The third kappa shape index (κ3) is 4.58. The van der Waals surface area contributed by atoms with Crippen molar-refractivity contribution in [1.82, 2.24) is 4.98 Å². The SMILES string of the molecule is CCOC(=O)C=Cc1c[nH]c2ccc(COCc3ccccc3)cc12. The van der Waals surface area contributed by atoms with Gasteiger partial charge in [0.2, 0.25) is 0 Å². The molecule has 0 aliphatic heterocycles. The minimum atomic E-state index is -0.334. The molecule has 4 heteroatoms. The Balaban J connectivity index is 1.68. The van der Waals surface area contributed by atoms with Crippen LogP contribution in [0, 0.1) is 0 Å². The first-order chi connectivity index (χ1) is 12.3. The maximum absolute atomic E-state index is 11.5. The third-order valence-corrected chi connectivity index (χ3v) is 3.84. The summed E-state index contributed by atoms with van der Waals surface area (Å²) in [5.74, 6) is -0.334. The first kappa shape index (κ1) is 17.0. The minimum absolute atomic E-state index is 0.334. The molecule has 0 fully saturated rings. The molecule has 0 radical (unpaired) electrons. The zero-order chi connectivity index (χ0) is 17.5. The van der Waals surface area contributed by atoms with Crippen LogP contribution in [0.15, 0.2) is 60.8 Å². The topological polar surface area (TPSA) is 51.3 Å². The molecule has 128 valence electrons. The lowest BCUT2D eigenvalue weighted by molar-refractivity contribution is -0.137. The van der Waals surface area contributed by atoms with E-state index in [1.807, 2.05) is 48.7 Å². The van der Waals surface area contributed by atoms with Crippen LogP contribution in [0.4, 0.5) is 0 Å². The van der Waals surface area contributed by atoms with Crippen molar-refractivity contribution in [2.24, 2.45) is 0 Å². The number of nitrogens with one attached hydrogen (secondary N) is 1. The molecule has 1 heterocycles. The highest BCUT2D eigenvalue weighted by atomic mass is 16.5. The van der Waals surface area contributed by atoms with Gasteiger partial charge in [0.1, 0.15) is 0 Å². The number of aromatic amines is 1. The number of fused-ring (bicyclic) bond motifs is 1. The van der Waals surface area contributed by atoms with E-state index in [1.165, 1.54) is 6.08 Å². The third-order valence-electron chi connectivity index (χ3n) is 3.84. The van der Waals surface area contributed by atoms with Crippen LogP contribution >= 0.6 is 0 Å². The summed E-state index contributed by atoms with van der Waals surface area (Å²) in [5.41, 5.74) is 4.22. The smallest absolute Gasteiger partial charge is 0.330 e. The van der Waals surface area contributed by atoms with Gasteiger partial charge in [-0.15, -0.1) is 0 Å². The van der Waals surface area contributed by atoms with Gasteiger partial charge in [-0.3, -0.25) is 0 Å². The molecule has 1 N–H and O–H groups in total. The Bertz CT molecular complexity index is 865. The summed E-state index contributed by atoms with van der Waals surface area (Å²) in [4.78, 5) is 14.7. The Labute approximate surface area is 147 Å². The van der Waals surface area contributed by atoms with E-state index in [2.05, 4.69) is 11.1 Å². The highest BCUT2D eigenvalue weighted by molar-refractivity contribution is 5.94. The van der Waals surface area contributed by atoms with Crippen molar-refractivity contribution in [1.29, 1.82) is 0 Å². The number of esters is 1. The molecule has 2 aromatic carbocycles. The molecule has 0 aliphatic rings. The van der Waals surface area contributed by atoms with E-state index in [0.717, 1.165) is 27.6 Å². The van der Waals surface area contributed by atoms with Crippen molar-refractivity contribution in [3.63, 3.8) is 0 Å². The molecular formula is C21H21NO3. The van der Waals surface area contributed by atoms with Crippen molar-refractivity contribution >= 4 is 22.9 Å². The molecule has 0 amide bonds. The Morgan fingerprint density at radius 1 is 1.08 bits per heavy atom. The quantitative estimate of drug-likeness (QED) is 0.512. The lowest BCUT2D eigenvalue weighted by Crippen LogP contribution is -1.98. The molecule has 0 saturated heterocycles. The number of carbonyl (C=O) groups is 1. The van der Waals surface area contributed by atoms with Crippen molar-refractivity contribution in [2.75, 3.05) is 6.61 Å². The van der Waals surface area contributed by atoms with Crippen molar-refractivity contribution in [3.8, 4) is 0 Å². The van der Waals surface area contributed by atoms with E-state index >= 15 is 0 Å². The van der Waals surface area contributed by atoms with Gasteiger partial charge in [-0.25, -0.2) is 4.79 Å². The van der Waals surface area contributed by atoms with Gasteiger partial charge in [0, 0.05) is 28.7 Å². The summed E-state index contributed by atoms with van der Waals surface area (Å²) in [6, 6.07) is 16.3. The fourth-order valence-electron chi connectivity index (χ4n) is 2.63. The number of hydrogen-bond donors (Lipinski definition) is 1. The first-order valence-corrected chi connectivity index (χ1v) is 8.33. The lowest BCUT2D eigenvalue weighted by atomic mass is 10.1. The number of ether oxygens (including phenoxy) is 2. The second kappa shape index (κ2) is 8.31. The fourth-order valence-corrected chi connectivity index (χ4v) is 2.63. The molecule has 3 rings (SSSR count). The second-order valence-electron chi connectivity index (χ2n) is 5.69. The normalized spacial score (nSPS) is 11.2. The van der Waals surface area contributed by atoms with Crippen LogP contribution in [0.5, 0.6) is 0 Å². The maximum atomic E-state index is 11.5. The molecule has 25 heavy (non-hydrogen) atoms. The second-order valence-corrected chi connectivity index (χ2v) is 5.69. The standard InChI is InChI=1S/C21H21NO3/c1-2-25-21(23)11-9-18-13-22-20-10-8-17(12-19(18)20)15-24-14-16-6-4-3-5-7-16/h3-13,22H,2,14-15H2,1H3. The summed E-state index contributed by atoms with van der Waals surface area (Å²) in [6.07, 6.45) is 5.10. The molecule has 3 aromatic rings. The van der Waals surface area contributed by atoms with Crippen LogP contribution < -0.4 is 0 Å². The summed E-state index contributed by atoms with van der Waals surface area (Å²) in [7, 11) is 0. The van der Waals surface area contributed by atoms with E-state index in [-0.39, 0.29) is 5.97 Å². The highest BCUT2D eigenvalue weighted by Gasteiger charge is 2.04. The van der Waals surface area contributed by atoms with Crippen LogP contribution in [0.25, 0.3) is 17.0 Å². The van der Waals surface area contributed by atoms with Crippen LogP contribution in [0.1, 0.15) is 23.6 Å². The molecule has 0 aliphatic carbocycles. The van der Waals surface area contributed by atoms with Gasteiger partial charge >= 0.3 is 5.97 Å². The molecule has 0 atom stereocenters. The Morgan fingerprint density at radius 2 is 1.88 bits per heavy atom. The average molecular weight is 335 g/mol. The number of aromatic nitrogens is 1. The number of H-pyrrole nitrogens is 1. The molecule has 0 saturated carbocycles. The van der Waals surface area contributed by atoms with Crippen molar-refractivity contribution in [2.45, 2.75) is 20.1 Å². The zero-order valence-electron chi connectivity index (χ0n) is 14.2. The van der Waals surface area contributed by atoms with Gasteiger partial charge in [-0.1, -0.05) is 36.4 Å². The monoisotopic (exact) mass is 335 g/mol. The van der Waals surface area contributed by atoms with Gasteiger partial charge < -0.3 is 14.5 Å². The predicted octanol–water partition coefficient (Wildman–Crippen LogP) is 4.46. The van der Waals surface area contributed by atoms with Crippen LogP contribution in [0.2, 0.25) is 0 Å². The van der Waals surface area contributed by atoms with Gasteiger partial charge in [0.05, 0.1) is 19.8 Å². The van der Waals surface area contributed by atoms with E-state index < -0.39 is 0 Å². The van der Waals surface area contributed by atoms with E-state index in [4.69, 9.17) is 9.47 Å². The summed E-state index contributed by atoms with van der Waals surface area (Å²) < 4.78 is 10.7. The summed E-state index contributed by atoms with van der Waals surface area (Å²) in [5, 5.41) is 1.06. The Hall–Kier alpha value is -2.85. The minimum Gasteiger partial charge on any atom is -0.463 e. The molecule has 0 spiro atoms. The first-order valence-electron chi connectivity index (χ1n) is 8.33. The van der Waals surface area contributed by atoms with Gasteiger partial charge in [0.15, 0.2) is 0 Å². The maximum Gasteiger partial charge on any atom is 0.330 e. The van der Waals surface area contributed by atoms with Crippen molar-refractivity contribution in [3.05, 3.63) is 77.5 Å². The van der Waals surface area contributed by atoms with Gasteiger partial charge in [0.25, 0.3) is 0 Å². The average Bonchev–Trinajstić information content (AvgIpc) is 3.03. The molecule has 0 bridgehead atoms. The molecule has 4 nitrogen and oxygen atoms in total. The lowest BCUT2D eigenvalue weighted by Gasteiger charge is -2.05. The van der Waals surface area contributed by atoms with E-state index in [1.54, 1.807) is 13.0 Å². The van der Waals surface area contributed by atoms with Crippen LogP contribution in [-0.2, 0) is 27.5 Å². The Kier molecular flexibility index (Phi) is 5.65. The molecule has 1 aromatic heterocycles. The zero-order valence-corrected chi connectivity index (χ0v) is 14.2.